The molecule has 8 N–H and O–H groups in total. The molecule has 0 spiro atoms. The molecular formula is C8H19ClN4. The van der Waals surface area contributed by atoms with E-state index >= 15 is 0 Å². The van der Waals surface area contributed by atoms with Gasteiger partial charge in [-0.25, -0.2) is 0 Å². The van der Waals surface area contributed by atoms with E-state index in [0.717, 1.165) is 5.69 Å². The summed E-state index contributed by atoms with van der Waals surface area (Å²) in [6.45, 7) is 0. The van der Waals surface area contributed by atoms with Gasteiger partial charge in [-0.1, -0.05) is 0 Å². The number of anilines is 2. The molecule has 0 amide bonds. The normalized spacial score (nSPS) is 7.23. The zero-order valence-electron chi connectivity index (χ0n) is 8.16. The van der Waals surface area contributed by atoms with Crippen molar-refractivity contribution in [2.45, 2.75) is 0 Å². The monoisotopic (exact) mass is 206 g/mol. The third-order valence-corrected chi connectivity index (χ3v) is 1.41. The number of halogens is 1. The van der Waals surface area contributed by atoms with Crippen LogP contribution in [0, 0.1) is 0 Å². The van der Waals surface area contributed by atoms with Gasteiger partial charge in [-0.2, -0.15) is 0 Å². The average molecular weight is 207 g/mol. The third kappa shape index (κ3) is 5.30. The minimum Gasteiger partial charge on any atom is -0.399 e. The Bertz CT molecular complexity index is 210. The molecule has 0 fully saturated rings. The summed E-state index contributed by atoms with van der Waals surface area (Å²) in [6, 6.07) is 7.79. The van der Waals surface area contributed by atoms with Crippen LogP contribution in [0.3, 0.4) is 0 Å². The molecule has 0 saturated heterocycles. The van der Waals surface area contributed by atoms with E-state index in [0.29, 0.717) is 0 Å². The summed E-state index contributed by atoms with van der Waals surface area (Å²) in [5.74, 6) is 0. The molecule has 0 aliphatic heterocycles. The summed E-state index contributed by atoms with van der Waals surface area (Å²) in [5.41, 5.74) is 7.49. The van der Waals surface area contributed by atoms with Crippen LogP contribution in [-0.4, -0.2) is 14.1 Å². The summed E-state index contributed by atoms with van der Waals surface area (Å²) in [4.78, 5) is 2.04. The number of benzene rings is 1. The summed E-state index contributed by atoms with van der Waals surface area (Å²) in [5, 5.41) is 0. The smallest absolute Gasteiger partial charge is 0.0362 e. The molecule has 0 unspecified atom stereocenters. The van der Waals surface area contributed by atoms with E-state index in [-0.39, 0.29) is 24.7 Å². The van der Waals surface area contributed by atoms with Gasteiger partial charge in [-0.3, -0.25) is 0 Å². The van der Waals surface area contributed by atoms with Crippen LogP contribution in [0.2, 0.25) is 0 Å². The van der Waals surface area contributed by atoms with E-state index in [1.165, 1.54) is 5.69 Å². The maximum Gasteiger partial charge on any atom is 0.0362 e. The number of nitrogen functional groups attached to an aromatic ring is 1. The van der Waals surface area contributed by atoms with Crippen LogP contribution in [0.15, 0.2) is 24.3 Å². The minimum atomic E-state index is 0. The third-order valence-electron chi connectivity index (χ3n) is 1.41. The Morgan fingerprint density at radius 3 is 1.69 bits per heavy atom. The van der Waals surface area contributed by atoms with Gasteiger partial charge in [0.15, 0.2) is 0 Å². The summed E-state index contributed by atoms with van der Waals surface area (Å²) in [7, 11) is 4.01. The zero-order valence-corrected chi connectivity index (χ0v) is 8.97. The standard InChI is InChI=1S/C8H12N2.ClH.2H3N/c1-10(2)8-5-3-7(9)4-6-8;;;/h3-6H,9H2,1-2H3;1H;2*1H3. The van der Waals surface area contributed by atoms with Crippen LogP contribution >= 0.6 is 12.4 Å². The van der Waals surface area contributed by atoms with Gasteiger partial charge in [0.1, 0.15) is 0 Å². The lowest BCUT2D eigenvalue weighted by Crippen LogP contribution is -2.08. The Balaban J connectivity index is -0.000000333. The highest BCUT2D eigenvalue weighted by molar-refractivity contribution is 5.85. The molecular weight excluding hydrogens is 188 g/mol. The van der Waals surface area contributed by atoms with Crippen molar-refractivity contribution in [2.75, 3.05) is 24.7 Å². The fraction of sp³-hybridized carbons (Fsp3) is 0.250. The SMILES string of the molecule is CN(C)c1ccc(N)cc1.Cl.N.N. The van der Waals surface area contributed by atoms with Gasteiger partial charge >= 0.3 is 0 Å². The maximum atomic E-state index is 5.51. The van der Waals surface area contributed by atoms with Crippen LogP contribution in [0.25, 0.3) is 0 Å². The van der Waals surface area contributed by atoms with Gasteiger partial charge in [0.25, 0.3) is 0 Å². The fourth-order valence-corrected chi connectivity index (χ4v) is 0.772. The first-order valence-electron chi connectivity index (χ1n) is 3.23. The van der Waals surface area contributed by atoms with Crippen molar-refractivity contribution in [1.29, 1.82) is 0 Å². The molecule has 1 aromatic rings. The molecule has 0 saturated carbocycles. The molecule has 1 aromatic carbocycles. The van der Waals surface area contributed by atoms with Gasteiger partial charge in [0.05, 0.1) is 0 Å². The molecule has 0 bridgehead atoms. The Morgan fingerprint density at radius 1 is 1.00 bits per heavy atom. The Labute approximate surface area is 85.7 Å². The van der Waals surface area contributed by atoms with Crippen LogP contribution in [0.1, 0.15) is 0 Å². The van der Waals surface area contributed by atoms with E-state index in [4.69, 9.17) is 5.73 Å². The van der Waals surface area contributed by atoms with Gasteiger partial charge in [-0.05, 0) is 24.3 Å². The van der Waals surface area contributed by atoms with Gasteiger partial charge in [-0.15, -0.1) is 12.4 Å². The highest BCUT2D eigenvalue weighted by Crippen LogP contribution is 2.12. The van der Waals surface area contributed by atoms with Crippen LogP contribution in [-0.2, 0) is 0 Å². The summed E-state index contributed by atoms with van der Waals surface area (Å²) < 4.78 is 0. The summed E-state index contributed by atoms with van der Waals surface area (Å²) >= 11 is 0. The Hall–Kier alpha value is -0.970. The number of nitrogens with zero attached hydrogens (tertiary/aromatic N) is 1. The van der Waals surface area contributed by atoms with E-state index < -0.39 is 0 Å². The van der Waals surface area contributed by atoms with Crippen molar-refractivity contribution in [3.05, 3.63) is 24.3 Å². The van der Waals surface area contributed by atoms with Gasteiger partial charge in [0.2, 0.25) is 0 Å². The second kappa shape index (κ2) is 7.67. The second-order valence-electron chi connectivity index (χ2n) is 2.49. The van der Waals surface area contributed by atoms with Crippen molar-refractivity contribution >= 4 is 23.8 Å². The molecule has 1 rings (SSSR count). The lowest BCUT2D eigenvalue weighted by Gasteiger charge is -2.11. The topological polar surface area (TPSA) is 99.3 Å². The number of nitrogens with two attached hydrogens (primary N) is 1. The number of hydrogen-bond donors (Lipinski definition) is 3. The average Bonchev–Trinajstić information content (AvgIpc) is 1.88. The first-order valence-corrected chi connectivity index (χ1v) is 3.23. The minimum absolute atomic E-state index is 0. The first kappa shape index (κ1) is 17.9. The first-order chi connectivity index (χ1) is 4.70. The zero-order chi connectivity index (χ0) is 7.56. The lowest BCUT2D eigenvalue weighted by atomic mass is 10.3. The van der Waals surface area contributed by atoms with Crippen molar-refractivity contribution in [1.82, 2.24) is 12.3 Å². The largest absolute Gasteiger partial charge is 0.399 e. The highest BCUT2D eigenvalue weighted by Gasteiger charge is 1.91. The van der Waals surface area contributed by atoms with Gasteiger partial charge in [0, 0.05) is 25.5 Å². The van der Waals surface area contributed by atoms with E-state index in [2.05, 4.69) is 0 Å². The number of rotatable bonds is 1. The lowest BCUT2D eigenvalue weighted by molar-refractivity contribution is 1.13. The number of hydrogen-bond acceptors (Lipinski definition) is 4. The molecule has 5 heteroatoms. The predicted octanol–water partition coefficient (Wildman–Crippen LogP) is 2.08. The fourth-order valence-electron chi connectivity index (χ4n) is 0.772. The van der Waals surface area contributed by atoms with Crippen molar-refractivity contribution in [3.8, 4) is 0 Å². The molecule has 78 valence electrons. The van der Waals surface area contributed by atoms with Crippen molar-refractivity contribution in [3.63, 3.8) is 0 Å². The molecule has 0 aliphatic rings. The maximum absolute atomic E-state index is 5.51. The predicted molar refractivity (Wildman–Crippen MR) is 62.5 cm³/mol. The van der Waals surface area contributed by atoms with Gasteiger partial charge < -0.3 is 22.9 Å². The molecule has 0 radical (unpaired) electrons. The van der Waals surface area contributed by atoms with E-state index in [1.807, 2.05) is 43.3 Å². The van der Waals surface area contributed by atoms with Crippen LogP contribution < -0.4 is 22.9 Å². The molecule has 13 heavy (non-hydrogen) atoms. The van der Waals surface area contributed by atoms with E-state index in [9.17, 15) is 0 Å². The van der Waals surface area contributed by atoms with Crippen molar-refractivity contribution < 1.29 is 0 Å². The molecule has 0 aliphatic carbocycles. The van der Waals surface area contributed by atoms with Crippen LogP contribution in [0.5, 0.6) is 0 Å². The molecule has 0 aromatic heterocycles. The second-order valence-corrected chi connectivity index (χ2v) is 2.49. The van der Waals surface area contributed by atoms with E-state index in [1.54, 1.807) is 0 Å². The van der Waals surface area contributed by atoms with Crippen molar-refractivity contribution in [2.24, 2.45) is 0 Å². The molecule has 4 nitrogen and oxygen atoms in total. The quantitative estimate of drug-likeness (QED) is 0.613. The summed E-state index contributed by atoms with van der Waals surface area (Å²) in [6.07, 6.45) is 0. The highest BCUT2D eigenvalue weighted by atomic mass is 35.5. The molecule has 0 atom stereocenters. The van der Waals surface area contributed by atoms with Crippen LogP contribution in [0.4, 0.5) is 11.4 Å². The molecule has 0 heterocycles. The Kier molecular flexibility index (Phi) is 10.6. The Morgan fingerprint density at radius 2 is 1.38 bits per heavy atom.